The van der Waals surface area contributed by atoms with E-state index in [1.165, 1.54) is 7.11 Å². The van der Waals surface area contributed by atoms with Crippen molar-refractivity contribution >= 4 is 12.1 Å². The fourth-order valence-corrected chi connectivity index (χ4v) is 2.22. The van der Waals surface area contributed by atoms with E-state index < -0.39 is 29.3 Å². The minimum Gasteiger partial charge on any atom is -0.467 e. The summed E-state index contributed by atoms with van der Waals surface area (Å²) < 4.78 is 9.76. The van der Waals surface area contributed by atoms with Crippen molar-refractivity contribution in [2.24, 2.45) is 0 Å². The van der Waals surface area contributed by atoms with Crippen LogP contribution < -0.4 is 5.32 Å². The van der Waals surface area contributed by atoms with Gasteiger partial charge in [0.25, 0.3) is 0 Å². The second-order valence-corrected chi connectivity index (χ2v) is 5.86. The Labute approximate surface area is 113 Å². The van der Waals surface area contributed by atoms with Crippen LogP contribution >= 0.6 is 0 Å². The molecule has 0 radical (unpaired) electrons. The minimum absolute atomic E-state index is 0.278. The number of aliphatic hydroxyl groups is 1. The normalized spacial score (nSPS) is 27.5. The molecule has 0 saturated heterocycles. The average Bonchev–Trinajstić information content (AvgIpc) is 2.28. The van der Waals surface area contributed by atoms with Crippen LogP contribution in [0.5, 0.6) is 0 Å². The Morgan fingerprint density at radius 1 is 1.32 bits per heavy atom. The van der Waals surface area contributed by atoms with Crippen molar-refractivity contribution < 1.29 is 24.2 Å². The molecule has 1 saturated carbocycles. The molecule has 0 heterocycles. The van der Waals surface area contributed by atoms with Gasteiger partial charge in [-0.25, -0.2) is 9.59 Å². The fourth-order valence-electron chi connectivity index (χ4n) is 2.22. The summed E-state index contributed by atoms with van der Waals surface area (Å²) in [5, 5.41) is 13.0. The van der Waals surface area contributed by atoms with E-state index in [4.69, 9.17) is 4.74 Å². The van der Waals surface area contributed by atoms with E-state index in [1.54, 1.807) is 20.8 Å². The number of esters is 1. The molecular weight excluding hydrogens is 250 g/mol. The Kier molecular flexibility index (Phi) is 4.79. The van der Waals surface area contributed by atoms with Crippen LogP contribution in [0.1, 0.15) is 46.5 Å². The third-order valence-electron chi connectivity index (χ3n) is 3.11. The SMILES string of the molecule is COC(=O)C1(O)CCCCC1NC(=O)OC(C)(C)C. The predicted octanol–water partition coefficient (Wildman–Crippen LogP) is 1.36. The Bertz CT molecular complexity index is 349. The van der Waals surface area contributed by atoms with Crippen molar-refractivity contribution in [3.63, 3.8) is 0 Å². The van der Waals surface area contributed by atoms with E-state index in [2.05, 4.69) is 10.1 Å². The van der Waals surface area contributed by atoms with Gasteiger partial charge in [0.1, 0.15) is 5.60 Å². The highest BCUT2D eigenvalue weighted by Gasteiger charge is 2.47. The van der Waals surface area contributed by atoms with E-state index in [0.717, 1.165) is 12.8 Å². The van der Waals surface area contributed by atoms with Crippen LogP contribution in [0.3, 0.4) is 0 Å². The smallest absolute Gasteiger partial charge is 0.407 e. The lowest BCUT2D eigenvalue weighted by Crippen LogP contribution is -2.59. The van der Waals surface area contributed by atoms with Gasteiger partial charge < -0.3 is 19.9 Å². The number of amides is 1. The van der Waals surface area contributed by atoms with Crippen molar-refractivity contribution in [1.29, 1.82) is 0 Å². The van der Waals surface area contributed by atoms with Crippen molar-refractivity contribution in [3.05, 3.63) is 0 Å². The Balaban J connectivity index is 2.73. The predicted molar refractivity (Wildman–Crippen MR) is 68.6 cm³/mol. The summed E-state index contributed by atoms with van der Waals surface area (Å²) in [6, 6.07) is -0.677. The molecule has 2 N–H and O–H groups in total. The monoisotopic (exact) mass is 273 g/mol. The topological polar surface area (TPSA) is 84.9 Å². The minimum atomic E-state index is -1.66. The zero-order valence-electron chi connectivity index (χ0n) is 12.0. The maximum absolute atomic E-state index is 11.7. The molecular formula is C13H23NO5. The van der Waals surface area contributed by atoms with E-state index in [1.807, 2.05) is 0 Å². The van der Waals surface area contributed by atoms with E-state index in [9.17, 15) is 14.7 Å². The molecule has 1 aliphatic rings. The molecule has 0 aromatic carbocycles. The van der Waals surface area contributed by atoms with Crippen molar-refractivity contribution in [2.75, 3.05) is 7.11 Å². The molecule has 1 rings (SSSR count). The molecule has 2 atom stereocenters. The standard InChI is InChI=1S/C13H23NO5/c1-12(2,3)19-11(16)14-9-7-5-6-8-13(9,17)10(15)18-4/h9,17H,5-8H2,1-4H3,(H,14,16). The molecule has 0 aromatic heterocycles. The Hall–Kier alpha value is -1.30. The maximum atomic E-state index is 11.7. The molecule has 1 fully saturated rings. The largest absolute Gasteiger partial charge is 0.467 e. The van der Waals surface area contributed by atoms with Gasteiger partial charge in [0.05, 0.1) is 13.2 Å². The number of methoxy groups -OCH3 is 1. The van der Waals surface area contributed by atoms with Crippen LogP contribution in [-0.2, 0) is 14.3 Å². The van der Waals surface area contributed by atoms with Crippen molar-refractivity contribution in [2.45, 2.75) is 63.7 Å². The van der Waals surface area contributed by atoms with Gasteiger partial charge in [-0.3, -0.25) is 0 Å². The van der Waals surface area contributed by atoms with Gasteiger partial charge in [-0.05, 0) is 40.0 Å². The molecule has 2 unspecified atom stereocenters. The molecule has 6 heteroatoms. The summed E-state index contributed by atoms with van der Waals surface area (Å²) in [4.78, 5) is 23.4. The number of carbonyl (C=O) groups excluding carboxylic acids is 2. The molecule has 19 heavy (non-hydrogen) atoms. The van der Waals surface area contributed by atoms with Gasteiger partial charge in [-0.2, -0.15) is 0 Å². The highest BCUT2D eigenvalue weighted by Crippen LogP contribution is 2.30. The number of carbonyl (C=O) groups is 2. The van der Waals surface area contributed by atoms with E-state index in [-0.39, 0.29) is 6.42 Å². The number of nitrogens with one attached hydrogen (secondary N) is 1. The molecule has 0 aliphatic heterocycles. The molecule has 110 valence electrons. The average molecular weight is 273 g/mol. The van der Waals surface area contributed by atoms with Crippen LogP contribution in [0.15, 0.2) is 0 Å². The van der Waals surface area contributed by atoms with Crippen LogP contribution in [-0.4, -0.2) is 41.5 Å². The van der Waals surface area contributed by atoms with Crippen molar-refractivity contribution in [1.82, 2.24) is 5.32 Å². The molecule has 1 aliphatic carbocycles. The van der Waals surface area contributed by atoms with Gasteiger partial charge in [0.2, 0.25) is 0 Å². The maximum Gasteiger partial charge on any atom is 0.407 e. The van der Waals surface area contributed by atoms with Crippen molar-refractivity contribution in [3.8, 4) is 0 Å². The van der Waals surface area contributed by atoms with E-state index >= 15 is 0 Å². The highest BCUT2D eigenvalue weighted by molar-refractivity contribution is 5.81. The molecule has 0 aromatic rings. The first-order valence-corrected chi connectivity index (χ1v) is 6.49. The molecule has 0 spiro atoms. The van der Waals surface area contributed by atoms with Crippen LogP contribution in [0.2, 0.25) is 0 Å². The third-order valence-corrected chi connectivity index (χ3v) is 3.11. The van der Waals surface area contributed by atoms with Gasteiger partial charge in [0, 0.05) is 0 Å². The summed E-state index contributed by atoms with van der Waals surface area (Å²) in [5.74, 6) is -0.715. The lowest BCUT2D eigenvalue weighted by atomic mass is 9.80. The number of rotatable bonds is 2. The summed E-state index contributed by atoms with van der Waals surface area (Å²) in [5.41, 5.74) is -2.29. The van der Waals surface area contributed by atoms with Gasteiger partial charge in [-0.1, -0.05) is 6.42 Å². The quantitative estimate of drug-likeness (QED) is 0.742. The summed E-state index contributed by atoms with van der Waals surface area (Å²) in [6.07, 6.45) is 1.71. The zero-order valence-corrected chi connectivity index (χ0v) is 12.0. The van der Waals surface area contributed by atoms with Gasteiger partial charge >= 0.3 is 12.1 Å². The molecule has 0 bridgehead atoms. The first-order chi connectivity index (χ1) is 8.69. The Morgan fingerprint density at radius 3 is 2.47 bits per heavy atom. The van der Waals surface area contributed by atoms with Crippen LogP contribution in [0.4, 0.5) is 4.79 Å². The van der Waals surface area contributed by atoms with Crippen LogP contribution in [0, 0.1) is 0 Å². The second-order valence-electron chi connectivity index (χ2n) is 5.86. The Morgan fingerprint density at radius 2 is 1.95 bits per heavy atom. The van der Waals surface area contributed by atoms with E-state index in [0.29, 0.717) is 6.42 Å². The molecule has 1 amide bonds. The number of ether oxygens (including phenoxy) is 2. The number of hydrogen-bond donors (Lipinski definition) is 2. The van der Waals surface area contributed by atoms with Gasteiger partial charge in [-0.15, -0.1) is 0 Å². The lowest BCUT2D eigenvalue weighted by molar-refractivity contribution is -0.168. The van der Waals surface area contributed by atoms with Crippen LogP contribution in [0.25, 0.3) is 0 Å². The third kappa shape index (κ3) is 4.09. The number of hydrogen-bond acceptors (Lipinski definition) is 5. The highest BCUT2D eigenvalue weighted by atomic mass is 16.6. The zero-order chi connectivity index (χ0) is 14.7. The summed E-state index contributed by atoms with van der Waals surface area (Å²) >= 11 is 0. The summed E-state index contributed by atoms with van der Waals surface area (Å²) in [6.45, 7) is 5.25. The first-order valence-electron chi connectivity index (χ1n) is 6.49. The molecule has 6 nitrogen and oxygen atoms in total. The van der Waals surface area contributed by atoms with Gasteiger partial charge in [0.15, 0.2) is 5.60 Å². The first kappa shape index (κ1) is 15.8. The fraction of sp³-hybridized carbons (Fsp3) is 0.846. The lowest BCUT2D eigenvalue weighted by Gasteiger charge is -2.37. The number of alkyl carbamates (subject to hydrolysis) is 1. The second kappa shape index (κ2) is 5.77. The summed E-state index contributed by atoms with van der Waals surface area (Å²) in [7, 11) is 1.22.